The van der Waals surface area contributed by atoms with Crippen LogP contribution in [0.5, 0.6) is 0 Å². The Kier molecular flexibility index (Phi) is 8.69. The van der Waals surface area contributed by atoms with Crippen molar-refractivity contribution in [3.05, 3.63) is 88.2 Å². The fourth-order valence-corrected chi connectivity index (χ4v) is 5.19. The Balaban J connectivity index is 1.50. The van der Waals surface area contributed by atoms with Crippen molar-refractivity contribution in [1.82, 2.24) is 14.9 Å². The average molecular weight is 586 g/mol. The monoisotopic (exact) mass is 585 g/mol. The zero-order valence-electron chi connectivity index (χ0n) is 22.4. The smallest absolute Gasteiger partial charge is 0.352 e. The van der Waals surface area contributed by atoms with Crippen LogP contribution in [0.25, 0.3) is 10.9 Å². The lowest BCUT2D eigenvalue weighted by Gasteiger charge is -2.18. The van der Waals surface area contributed by atoms with Gasteiger partial charge in [-0.1, -0.05) is 29.8 Å². The minimum atomic E-state index is -3.43. The number of carbonyl (C=O) groups is 1. The molecule has 10 nitrogen and oxygen atoms in total. The summed E-state index contributed by atoms with van der Waals surface area (Å²) >= 11 is 6.01. The maximum Gasteiger partial charge on any atom is 0.352 e. The molecule has 0 aliphatic heterocycles. The van der Waals surface area contributed by atoms with E-state index in [1.54, 1.807) is 34.9 Å². The molecule has 0 fully saturated rings. The number of carboxylic acids is 1. The number of nitrogens with zero attached hydrogens (tertiary/aromatic N) is 3. The second kappa shape index (κ2) is 11.8. The number of hydrogen-bond donors (Lipinski definition) is 4. The molecule has 0 aliphatic carbocycles. The molecule has 0 saturated heterocycles. The van der Waals surface area contributed by atoms with Crippen LogP contribution in [0.4, 0.5) is 11.5 Å². The van der Waals surface area contributed by atoms with Crippen LogP contribution in [0.1, 0.15) is 40.2 Å². The van der Waals surface area contributed by atoms with E-state index in [1.165, 1.54) is 17.5 Å². The molecule has 2 aromatic carbocycles. The average Bonchev–Trinajstić information content (AvgIpc) is 3.25. The summed E-state index contributed by atoms with van der Waals surface area (Å²) in [7, 11) is -1.95. The van der Waals surface area contributed by atoms with Crippen LogP contribution in [0.15, 0.2) is 60.8 Å². The highest BCUT2D eigenvalue weighted by molar-refractivity contribution is 7.92. The summed E-state index contributed by atoms with van der Waals surface area (Å²) in [5.74, 6) is -0.842. The normalized spacial score (nSPS) is 13.3. The fourth-order valence-electron chi connectivity index (χ4n) is 4.52. The summed E-state index contributed by atoms with van der Waals surface area (Å²) in [5, 5.41) is 24.8. The number of rotatable bonds is 11. The number of fused-ring (bicyclic) bond motifs is 1. The summed E-state index contributed by atoms with van der Waals surface area (Å²) in [5.41, 5.74) is 9.37. The predicted molar refractivity (Wildman–Crippen MR) is 157 cm³/mol. The van der Waals surface area contributed by atoms with E-state index in [4.69, 9.17) is 17.3 Å². The number of sulfonamides is 1. The van der Waals surface area contributed by atoms with Crippen LogP contribution in [-0.2, 0) is 23.0 Å². The number of halogens is 1. The van der Waals surface area contributed by atoms with Gasteiger partial charge < -0.3 is 25.8 Å². The first-order chi connectivity index (χ1) is 18.8. The van der Waals surface area contributed by atoms with Crippen molar-refractivity contribution >= 4 is 50.0 Å². The number of aliphatic hydroxyl groups is 1. The molecule has 12 heteroatoms. The molecule has 0 radical (unpaired) electrons. The van der Waals surface area contributed by atoms with E-state index in [9.17, 15) is 23.4 Å². The van der Waals surface area contributed by atoms with Crippen molar-refractivity contribution in [2.75, 3.05) is 29.9 Å². The van der Waals surface area contributed by atoms with Crippen molar-refractivity contribution in [3.8, 4) is 0 Å². The number of hydrogen-bond acceptors (Lipinski definition) is 7. The van der Waals surface area contributed by atoms with Gasteiger partial charge in [0.2, 0.25) is 10.0 Å². The van der Waals surface area contributed by atoms with Gasteiger partial charge in [0.15, 0.2) is 0 Å². The number of nitrogens with two attached hydrogens (primary N) is 1. The van der Waals surface area contributed by atoms with E-state index in [0.717, 1.165) is 28.3 Å². The third-order valence-corrected chi connectivity index (χ3v) is 8.28. The van der Waals surface area contributed by atoms with Crippen molar-refractivity contribution in [2.24, 2.45) is 0 Å². The molecule has 0 saturated carbocycles. The van der Waals surface area contributed by atoms with Gasteiger partial charge in [-0.15, -0.1) is 0 Å². The summed E-state index contributed by atoms with van der Waals surface area (Å²) in [6.07, 6.45) is 2.47. The number of benzene rings is 2. The Labute approximate surface area is 238 Å². The number of nitrogens with one attached hydrogen (secondary N) is 1. The maximum atomic E-state index is 12.1. The van der Waals surface area contributed by atoms with E-state index in [-0.39, 0.29) is 24.1 Å². The Morgan fingerprint density at radius 1 is 1.18 bits per heavy atom. The molecule has 4 rings (SSSR count). The lowest BCUT2D eigenvalue weighted by molar-refractivity contribution is 0.0686. The van der Waals surface area contributed by atoms with Crippen LogP contribution in [0, 0.1) is 0 Å². The quantitative estimate of drug-likeness (QED) is 0.208. The Hall–Kier alpha value is -3.64. The number of carboxylic acid groups (broad SMARTS) is 1. The molecule has 4 aromatic rings. The van der Waals surface area contributed by atoms with Crippen LogP contribution < -0.4 is 15.4 Å². The molecule has 2 heterocycles. The molecular formula is C28H32ClN5O5S. The van der Waals surface area contributed by atoms with Crippen LogP contribution >= 0.6 is 11.6 Å². The second-order valence-electron chi connectivity index (χ2n) is 9.88. The molecule has 2 atom stereocenters. The Morgan fingerprint density at radius 3 is 2.60 bits per heavy atom. The first kappa shape index (κ1) is 29.3. The molecule has 0 aliphatic rings. The molecule has 212 valence electrons. The second-order valence-corrected chi connectivity index (χ2v) is 12.3. The van der Waals surface area contributed by atoms with Crippen molar-refractivity contribution in [3.63, 3.8) is 0 Å². The number of aromatic nitrogens is 2. The number of anilines is 2. The van der Waals surface area contributed by atoms with Crippen molar-refractivity contribution < 1.29 is 23.4 Å². The lowest BCUT2D eigenvalue weighted by Crippen LogP contribution is -2.32. The largest absolute Gasteiger partial charge is 0.477 e. The zero-order chi connectivity index (χ0) is 29.2. The number of aliphatic hydroxyl groups excluding tert-OH is 1. The number of nitrogen functional groups attached to an aromatic ring is 1. The Bertz CT molecular complexity index is 1660. The molecule has 40 heavy (non-hydrogen) atoms. The summed E-state index contributed by atoms with van der Waals surface area (Å²) < 4.78 is 26.8. The third kappa shape index (κ3) is 6.73. The van der Waals surface area contributed by atoms with Gasteiger partial charge in [0, 0.05) is 48.8 Å². The van der Waals surface area contributed by atoms with Crippen LogP contribution in [0.3, 0.4) is 0 Å². The fraction of sp³-hybridized carbons (Fsp3) is 0.286. The summed E-state index contributed by atoms with van der Waals surface area (Å²) in [6.45, 7) is 2.55. The summed E-state index contributed by atoms with van der Waals surface area (Å²) in [4.78, 5) is 16.1. The third-order valence-electron chi connectivity index (χ3n) is 6.77. The van der Waals surface area contributed by atoms with E-state index in [0.29, 0.717) is 29.2 Å². The van der Waals surface area contributed by atoms with Gasteiger partial charge >= 0.3 is 5.97 Å². The molecule has 0 bridgehead atoms. The van der Waals surface area contributed by atoms with Crippen molar-refractivity contribution in [2.45, 2.75) is 32.0 Å². The highest BCUT2D eigenvalue weighted by atomic mass is 35.5. The first-order valence-corrected chi connectivity index (χ1v) is 14.8. The topological polar surface area (TPSA) is 151 Å². The lowest BCUT2D eigenvalue weighted by atomic mass is 10.0. The SMILES string of the molecule is CC(Cc1ccc2c(c1)cc(C(=O)O)n2Cc1cccc(N(C)S(C)(=O)=O)c1)NCC(O)c1cnc(N)c(Cl)c1. The van der Waals surface area contributed by atoms with E-state index in [2.05, 4.69) is 10.3 Å². The van der Waals surface area contributed by atoms with Crippen LogP contribution in [0.2, 0.25) is 5.02 Å². The number of aromatic carboxylic acids is 1. The molecule has 0 amide bonds. The number of pyridine rings is 1. The van der Waals surface area contributed by atoms with Crippen LogP contribution in [-0.4, -0.2) is 60.0 Å². The standard InChI is InChI=1S/C28H32ClN5O5S/c1-17(31-15-26(35)21-12-23(29)27(30)32-14-21)9-18-7-8-24-20(10-18)13-25(28(36)37)34(24)16-19-5-4-6-22(11-19)33(2)40(3,38)39/h4-8,10-14,17,26,31,35H,9,15-16H2,1-3H3,(H2,30,32)(H,36,37). The first-order valence-electron chi connectivity index (χ1n) is 12.5. The van der Waals surface area contributed by atoms with E-state index >= 15 is 0 Å². The molecular weight excluding hydrogens is 554 g/mol. The molecule has 5 N–H and O–H groups in total. The zero-order valence-corrected chi connectivity index (χ0v) is 23.9. The highest BCUT2D eigenvalue weighted by Crippen LogP contribution is 2.26. The molecule has 0 spiro atoms. The van der Waals surface area contributed by atoms with Gasteiger partial charge in [-0.05, 0) is 60.9 Å². The minimum Gasteiger partial charge on any atom is -0.477 e. The van der Waals surface area contributed by atoms with Gasteiger partial charge in [-0.25, -0.2) is 18.2 Å². The van der Waals surface area contributed by atoms with E-state index < -0.39 is 22.1 Å². The van der Waals surface area contributed by atoms with E-state index in [1.807, 2.05) is 31.2 Å². The Morgan fingerprint density at radius 2 is 1.93 bits per heavy atom. The highest BCUT2D eigenvalue weighted by Gasteiger charge is 2.18. The molecule has 2 unspecified atom stereocenters. The van der Waals surface area contributed by atoms with Crippen molar-refractivity contribution in [1.29, 1.82) is 0 Å². The van der Waals surface area contributed by atoms with Gasteiger partial charge in [0.25, 0.3) is 0 Å². The van der Waals surface area contributed by atoms with Gasteiger partial charge in [-0.2, -0.15) is 0 Å². The summed E-state index contributed by atoms with van der Waals surface area (Å²) in [6, 6.07) is 16.1. The predicted octanol–water partition coefficient (Wildman–Crippen LogP) is 3.67. The molecule has 2 aromatic heterocycles. The van der Waals surface area contributed by atoms with Gasteiger partial charge in [-0.3, -0.25) is 4.31 Å². The van der Waals surface area contributed by atoms with Gasteiger partial charge in [0.05, 0.1) is 23.1 Å². The maximum absolute atomic E-state index is 12.1. The van der Waals surface area contributed by atoms with Gasteiger partial charge in [0.1, 0.15) is 11.5 Å². The minimum absolute atomic E-state index is 0.0138.